The second kappa shape index (κ2) is 6.72. The van der Waals surface area contributed by atoms with E-state index in [1.165, 1.54) is 0 Å². The predicted octanol–water partition coefficient (Wildman–Crippen LogP) is 3.31. The van der Waals surface area contributed by atoms with Gasteiger partial charge in [0, 0.05) is 5.60 Å². The fraction of sp³-hybridized carbons (Fsp3) is 1.00. The van der Waals surface area contributed by atoms with Gasteiger partial charge < -0.3 is 17.4 Å². The zero-order chi connectivity index (χ0) is 15.6. The quantitative estimate of drug-likeness (QED) is 0.503. The van der Waals surface area contributed by atoms with E-state index in [2.05, 4.69) is 53.9 Å². The summed E-state index contributed by atoms with van der Waals surface area (Å²) >= 11 is 0. The van der Waals surface area contributed by atoms with Crippen LogP contribution in [0.15, 0.2) is 0 Å². The topological polar surface area (TPSA) is 40.2 Å². The molecular formula is C13H32O4Si3. The maximum Gasteiger partial charge on any atom is 0.348 e. The average Bonchev–Trinajstić information content (AvgIpc) is 2.93. The second-order valence-electron chi connectivity index (χ2n) is 7.62. The lowest BCUT2D eigenvalue weighted by atomic mass is 10.2. The Balaban J connectivity index is 2.75. The van der Waals surface area contributed by atoms with Crippen LogP contribution < -0.4 is 0 Å². The molecule has 0 N–H and O–H groups in total. The molecule has 0 amide bonds. The number of ether oxygens (including phenoxy) is 1. The number of rotatable bonds is 8. The van der Waals surface area contributed by atoms with Crippen molar-refractivity contribution in [1.82, 2.24) is 0 Å². The zero-order valence-electron chi connectivity index (χ0n) is 14.4. The Kier molecular flexibility index (Phi) is 6.23. The third-order valence-electron chi connectivity index (χ3n) is 2.80. The van der Waals surface area contributed by atoms with Crippen LogP contribution in [0.1, 0.15) is 34.1 Å². The van der Waals surface area contributed by atoms with E-state index in [1.54, 1.807) is 0 Å². The van der Waals surface area contributed by atoms with E-state index in [9.17, 15) is 0 Å². The van der Waals surface area contributed by atoms with Crippen molar-refractivity contribution in [2.45, 2.75) is 77.7 Å². The second-order valence-corrected chi connectivity index (χ2v) is 18.0. The van der Waals surface area contributed by atoms with Crippen molar-refractivity contribution in [2.24, 2.45) is 0 Å². The molecule has 1 fully saturated rings. The lowest BCUT2D eigenvalue weighted by Crippen LogP contribution is -2.56. The van der Waals surface area contributed by atoms with Crippen molar-refractivity contribution < 1.29 is 17.4 Å². The molecule has 0 saturated carbocycles. The number of hydrogen-bond donors (Lipinski definition) is 0. The minimum absolute atomic E-state index is 0.148. The molecule has 4 nitrogen and oxygen atoms in total. The highest BCUT2D eigenvalue weighted by molar-refractivity contribution is 6.85. The number of epoxide rings is 1. The van der Waals surface area contributed by atoms with Crippen LogP contribution in [0.3, 0.4) is 0 Å². The van der Waals surface area contributed by atoms with Crippen LogP contribution in [0.4, 0.5) is 0 Å². The summed E-state index contributed by atoms with van der Waals surface area (Å²) in [5.41, 5.74) is 0.0509. The van der Waals surface area contributed by atoms with Crippen molar-refractivity contribution in [3.05, 3.63) is 0 Å². The molecule has 3 unspecified atom stereocenters. The Morgan fingerprint density at radius 3 is 2.10 bits per heavy atom. The molecule has 0 spiro atoms. The summed E-state index contributed by atoms with van der Waals surface area (Å²) in [4.78, 5) is 0. The fourth-order valence-electron chi connectivity index (χ4n) is 2.16. The Morgan fingerprint density at radius 1 is 1.20 bits per heavy atom. The summed E-state index contributed by atoms with van der Waals surface area (Å²) in [6, 6.07) is 1.03. The SMILES string of the molecule is CCC[SiH](OC(C)(C)C)O[Si](C)(O[Si](C)(C)C)C1CO1. The maximum absolute atomic E-state index is 6.50. The van der Waals surface area contributed by atoms with E-state index in [1.807, 2.05) is 0 Å². The Morgan fingerprint density at radius 2 is 1.75 bits per heavy atom. The molecule has 1 aliphatic rings. The highest BCUT2D eigenvalue weighted by Gasteiger charge is 2.53. The van der Waals surface area contributed by atoms with Gasteiger partial charge in [-0.2, -0.15) is 0 Å². The molecule has 3 atom stereocenters. The summed E-state index contributed by atoms with van der Waals surface area (Å²) in [6.07, 6.45) is 1.09. The average molecular weight is 337 g/mol. The maximum atomic E-state index is 6.50. The van der Waals surface area contributed by atoms with Gasteiger partial charge in [-0.25, -0.2) is 0 Å². The summed E-state index contributed by atoms with van der Waals surface area (Å²) < 4.78 is 24.7. The molecule has 20 heavy (non-hydrogen) atoms. The fourth-order valence-corrected chi connectivity index (χ4v) is 13.6. The van der Waals surface area contributed by atoms with Crippen molar-refractivity contribution in [3.63, 3.8) is 0 Å². The van der Waals surface area contributed by atoms with E-state index in [0.29, 0.717) is 0 Å². The van der Waals surface area contributed by atoms with Gasteiger partial charge in [0.15, 0.2) is 8.32 Å². The van der Waals surface area contributed by atoms with Crippen LogP contribution in [0.2, 0.25) is 32.2 Å². The molecule has 0 aromatic heterocycles. The molecular weight excluding hydrogens is 304 g/mol. The van der Waals surface area contributed by atoms with E-state index < -0.39 is 26.2 Å². The normalized spacial score (nSPS) is 24.3. The molecule has 1 aliphatic heterocycles. The molecule has 0 bridgehead atoms. The first-order valence-corrected chi connectivity index (χ1v) is 15.2. The molecule has 0 aliphatic carbocycles. The smallest absolute Gasteiger partial charge is 0.348 e. The minimum Gasteiger partial charge on any atom is -0.435 e. The van der Waals surface area contributed by atoms with E-state index in [-0.39, 0.29) is 11.3 Å². The molecule has 1 rings (SSSR count). The first-order chi connectivity index (χ1) is 8.95. The standard InChI is InChI=1S/C13H32O4Si3/c1-9-10-18(15-13(2,3)4)16-20(8,12-11-14-12)17-19(5,6)7/h12,18H,9-11H2,1-8H3. The Labute approximate surface area is 128 Å². The van der Waals surface area contributed by atoms with Gasteiger partial charge in [0.05, 0.1) is 6.61 Å². The highest BCUT2D eigenvalue weighted by atomic mass is 28.5. The van der Waals surface area contributed by atoms with Crippen molar-refractivity contribution in [3.8, 4) is 0 Å². The third-order valence-corrected chi connectivity index (χ3v) is 13.3. The summed E-state index contributed by atoms with van der Waals surface area (Å²) in [7, 11) is -5.63. The van der Waals surface area contributed by atoms with Gasteiger partial charge >= 0.3 is 17.8 Å². The van der Waals surface area contributed by atoms with Gasteiger partial charge in [-0.3, -0.25) is 0 Å². The van der Waals surface area contributed by atoms with Gasteiger partial charge in [-0.05, 0) is 53.0 Å². The van der Waals surface area contributed by atoms with Crippen LogP contribution in [-0.2, 0) is 17.4 Å². The first-order valence-electron chi connectivity index (χ1n) is 7.62. The summed E-state index contributed by atoms with van der Waals surface area (Å²) in [6.45, 7) is 18.1. The monoisotopic (exact) mass is 336 g/mol. The van der Waals surface area contributed by atoms with E-state index in [0.717, 1.165) is 19.1 Å². The Bertz CT molecular complexity index is 310. The van der Waals surface area contributed by atoms with Gasteiger partial charge in [-0.1, -0.05) is 13.3 Å². The van der Waals surface area contributed by atoms with Crippen LogP contribution in [0.5, 0.6) is 0 Å². The molecule has 1 saturated heterocycles. The lowest BCUT2D eigenvalue weighted by Gasteiger charge is -2.37. The highest BCUT2D eigenvalue weighted by Crippen LogP contribution is 2.30. The predicted molar refractivity (Wildman–Crippen MR) is 90.0 cm³/mol. The minimum atomic E-state index is -2.27. The van der Waals surface area contributed by atoms with Crippen LogP contribution in [-0.4, -0.2) is 44.1 Å². The van der Waals surface area contributed by atoms with E-state index >= 15 is 0 Å². The summed E-state index contributed by atoms with van der Waals surface area (Å²) in [5.74, 6) is 0. The van der Waals surface area contributed by atoms with E-state index in [4.69, 9.17) is 17.4 Å². The van der Waals surface area contributed by atoms with Gasteiger partial charge in [0.25, 0.3) is 0 Å². The summed E-state index contributed by atoms with van der Waals surface area (Å²) in [5, 5.41) is 0. The van der Waals surface area contributed by atoms with Gasteiger partial charge in [0.2, 0.25) is 0 Å². The largest absolute Gasteiger partial charge is 0.435 e. The number of hydrogen-bond acceptors (Lipinski definition) is 4. The Hall–Kier alpha value is 0.491. The lowest BCUT2D eigenvalue weighted by molar-refractivity contribution is 0.0983. The van der Waals surface area contributed by atoms with Crippen molar-refractivity contribution >= 4 is 26.2 Å². The zero-order valence-corrected chi connectivity index (χ0v) is 17.6. The first kappa shape index (κ1) is 18.5. The van der Waals surface area contributed by atoms with Crippen LogP contribution >= 0.6 is 0 Å². The molecule has 120 valence electrons. The molecule has 0 aromatic carbocycles. The molecule has 1 heterocycles. The van der Waals surface area contributed by atoms with Crippen molar-refractivity contribution in [2.75, 3.05) is 6.61 Å². The van der Waals surface area contributed by atoms with Crippen LogP contribution in [0, 0.1) is 0 Å². The van der Waals surface area contributed by atoms with Gasteiger partial charge in [-0.15, -0.1) is 0 Å². The van der Waals surface area contributed by atoms with Gasteiger partial charge in [0.1, 0.15) is 5.73 Å². The molecule has 7 heteroatoms. The molecule has 0 aromatic rings. The van der Waals surface area contributed by atoms with Crippen molar-refractivity contribution in [1.29, 1.82) is 0 Å². The third kappa shape index (κ3) is 6.97. The molecule has 0 radical (unpaired) electrons. The van der Waals surface area contributed by atoms with Crippen LogP contribution in [0.25, 0.3) is 0 Å².